The van der Waals surface area contributed by atoms with Crippen LogP contribution in [0.2, 0.25) is 0 Å². The Morgan fingerprint density at radius 3 is 2.72 bits per heavy atom. The minimum absolute atomic E-state index is 0.0271. The first-order chi connectivity index (χ1) is 8.43. The number of methoxy groups -OCH3 is 1. The van der Waals surface area contributed by atoms with Crippen molar-refractivity contribution in [3.63, 3.8) is 0 Å². The van der Waals surface area contributed by atoms with Gasteiger partial charge in [-0.3, -0.25) is 0 Å². The molecule has 0 spiro atoms. The Labute approximate surface area is 124 Å². The minimum atomic E-state index is -2.85. The van der Waals surface area contributed by atoms with Gasteiger partial charge in [0.15, 0.2) is 9.84 Å². The van der Waals surface area contributed by atoms with Gasteiger partial charge in [0.05, 0.1) is 18.6 Å². The third-order valence-corrected chi connectivity index (χ3v) is 6.94. The van der Waals surface area contributed by atoms with Crippen molar-refractivity contribution < 1.29 is 13.2 Å². The van der Waals surface area contributed by atoms with E-state index in [4.69, 9.17) is 4.74 Å². The molecule has 100 valence electrons. The van der Waals surface area contributed by atoms with Gasteiger partial charge < -0.3 is 4.74 Å². The van der Waals surface area contributed by atoms with Gasteiger partial charge in [0.2, 0.25) is 0 Å². The largest absolute Gasteiger partial charge is 0.497 e. The van der Waals surface area contributed by atoms with Crippen LogP contribution in [-0.4, -0.2) is 27.0 Å². The Hall–Kier alpha value is -0.0700. The Morgan fingerprint density at radius 2 is 2.17 bits per heavy atom. The monoisotopic (exact) mass is 396 g/mol. The average Bonchev–Trinajstić information content (AvgIpc) is 2.69. The Morgan fingerprint density at radius 1 is 1.44 bits per heavy atom. The zero-order valence-corrected chi connectivity index (χ0v) is 13.9. The van der Waals surface area contributed by atoms with Crippen molar-refractivity contribution in [3.8, 4) is 5.75 Å². The van der Waals surface area contributed by atoms with Crippen LogP contribution in [0.25, 0.3) is 0 Å². The molecule has 0 bridgehead atoms. The van der Waals surface area contributed by atoms with Crippen molar-refractivity contribution in [3.05, 3.63) is 28.2 Å². The average molecular weight is 398 g/mol. The molecule has 0 radical (unpaired) electrons. The van der Waals surface area contributed by atoms with E-state index < -0.39 is 9.84 Å². The van der Waals surface area contributed by atoms with E-state index in [0.29, 0.717) is 12.2 Å². The molecule has 18 heavy (non-hydrogen) atoms. The Bertz CT molecular complexity index is 542. The summed E-state index contributed by atoms with van der Waals surface area (Å²) in [6.07, 6.45) is 0.710. The Kier molecular flexibility index (Phi) is 4.39. The van der Waals surface area contributed by atoms with Crippen LogP contribution in [0.1, 0.15) is 16.8 Å². The maximum atomic E-state index is 11.5. The number of ether oxygens (including phenoxy) is 1. The highest BCUT2D eigenvalue weighted by molar-refractivity contribution is 9.11. The maximum absolute atomic E-state index is 11.5. The molecule has 1 aliphatic heterocycles. The second-order valence-electron chi connectivity index (χ2n) is 4.45. The van der Waals surface area contributed by atoms with Crippen LogP contribution in [0.15, 0.2) is 22.7 Å². The first-order valence-corrected chi connectivity index (χ1v) is 9.14. The molecule has 1 aromatic rings. The lowest BCUT2D eigenvalue weighted by Gasteiger charge is -2.18. The molecule has 3 nitrogen and oxygen atoms in total. The summed E-state index contributed by atoms with van der Waals surface area (Å²) in [5.41, 5.74) is 1.04. The summed E-state index contributed by atoms with van der Waals surface area (Å²) >= 11 is 7.13. The zero-order valence-electron chi connectivity index (χ0n) is 9.90. The van der Waals surface area contributed by atoms with Gasteiger partial charge in [0, 0.05) is 9.30 Å². The lowest BCUT2D eigenvalue weighted by atomic mass is 9.98. The van der Waals surface area contributed by atoms with Crippen LogP contribution in [0, 0.1) is 5.92 Å². The van der Waals surface area contributed by atoms with Gasteiger partial charge in [-0.05, 0) is 36.1 Å². The fraction of sp³-hybridized carbons (Fsp3) is 0.500. The second-order valence-corrected chi connectivity index (χ2v) is 8.52. The number of benzene rings is 1. The van der Waals surface area contributed by atoms with E-state index in [2.05, 4.69) is 31.9 Å². The molecule has 0 aliphatic carbocycles. The van der Waals surface area contributed by atoms with Gasteiger partial charge in [-0.2, -0.15) is 0 Å². The molecule has 6 heteroatoms. The summed E-state index contributed by atoms with van der Waals surface area (Å²) < 4.78 is 29.2. The standard InChI is InChI=1S/C12H14Br2O3S/c1-17-9-2-3-11(13)10(6-9)12(14)8-4-5-18(15,16)7-8/h2-3,6,8,12H,4-5,7H2,1H3. The van der Waals surface area contributed by atoms with E-state index in [1.54, 1.807) is 7.11 Å². The molecular formula is C12H14Br2O3S. The molecule has 2 unspecified atom stereocenters. The van der Waals surface area contributed by atoms with Crippen molar-refractivity contribution in [1.29, 1.82) is 0 Å². The molecule has 0 aromatic heterocycles. The van der Waals surface area contributed by atoms with Crippen molar-refractivity contribution in [1.82, 2.24) is 0 Å². The third kappa shape index (κ3) is 3.08. The smallest absolute Gasteiger partial charge is 0.150 e. The molecule has 0 amide bonds. The summed E-state index contributed by atoms with van der Waals surface area (Å²) in [5.74, 6) is 1.45. The third-order valence-electron chi connectivity index (χ3n) is 3.18. The van der Waals surface area contributed by atoms with Crippen LogP contribution in [-0.2, 0) is 9.84 Å². The highest BCUT2D eigenvalue weighted by atomic mass is 79.9. The van der Waals surface area contributed by atoms with Gasteiger partial charge in [0.1, 0.15) is 5.75 Å². The molecule has 1 fully saturated rings. The number of rotatable bonds is 3. The Balaban J connectivity index is 2.26. The lowest BCUT2D eigenvalue weighted by molar-refractivity contribution is 0.413. The molecule has 1 heterocycles. The molecule has 0 N–H and O–H groups in total. The van der Waals surface area contributed by atoms with Crippen LogP contribution < -0.4 is 4.74 Å². The van der Waals surface area contributed by atoms with Crippen molar-refractivity contribution in [2.24, 2.45) is 5.92 Å². The van der Waals surface area contributed by atoms with E-state index in [0.717, 1.165) is 15.8 Å². The zero-order chi connectivity index (χ0) is 13.3. The molecule has 2 atom stereocenters. The molecule has 1 aromatic carbocycles. The van der Waals surface area contributed by atoms with Gasteiger partial charge >= 0.3 is 0 Å². The van der Waals surface area contributed by atoms with E-state index in [1.807, 2.05) is 18.2 Å². The lowest BCUT2D eigenvalue weighted by Crippen LogP contribution is -2.10. The van der Waals surface area contributed by atoms with Gasteiger partial charge in [-0.15, -0.1) is 0 Å². The predicted molar refractivity (Wildman–Crippen MR) is 79.1 cm³/mol. The van der Waals surface area contributed by atoms with Crippen LogP contribution in [0.3, 0.4) is 0 Å². The van der Waals surface area contributed by atoms with Gasteiger partial charge in [0.25, 0.3) is 0 Å². The summed E-state index contributed by atoms with van der Waals surface area (Å²) in [7, 11) is -1.23. The number of hydrogen-bond donors (Lipinski definition) is 0. The van der Waals surface area contributed by atoms with Gasteiger partial charge in [-0.25, -0.2) is 8.42 Å². The van der Waals surface area contributed by atoms with Gasteiger partial charge in [-0.1, -0.05) is 31.9 Å². The van der Waals surface area contributed by atoms with Crippen LogP contribution in [0.4, 0.5) is 0 Å². The van der Waals surface area contributed by atoms with E-state index >= 15 is 0 Å². The van der Waals surface area contributed by atoms with Crippen molar-refractivity contribution in [2.75, 3.05) is 18.6 Å². The van der Waals surface area contributed by atoms with Crippen LogP contribution in [0.5, 0.6) is 5.75 Å². The molecule has 2 rings (SSSR count). The number of hydrogen-bond acceptors (Lipinski definition) is 3. The highest BCUT2D eigenvalue weighted by Crippen LogP contribution is 2.41. The molecular weight excluding hydrogens is 384 g/mol. The quantitative estimate of drug-likeness (QED) is 0.734. The number of halogens is 2. The highest BCUT2D eigenvalue weighted by Gasteiger charge is 2.34. The normalized spacial score (nSPS) is 23.8. The van der Waals surface area contributed by atoms with Crippen molar-refractivity contribution in [2.45, 2.75) is 11.2 Å². The topological polar surface area (TPSA) is 43.4 Å². The number of alkyl halides is 1. The van der Waals surface area contributed by atoms with Crippen molar-refractivity contribution >= 4 is 41.7 Å². The minimum Gasteiger partial charge on any atom is -0.497 e. The fourth-order valence-corrected chi connectivity index (χ4v) is 5.89. The fourth-order valence-electron chi connectivity index (χ4n) is 2.17. The first-order valence-electron chi connectivity index (χ1n) is 5.61. The summed E-state index contributed by atoms with van der Waals surface area (Å²) in [5, 5.41) is 0. The molecule has 0 saturated carbocycles. The van der Waals surface area contributed by atoms with Crippen LogP contribution >= 0.6 is 31.9 Å². The molecule has 1 saturated heterocycles. The SMILES string of the molecule is COc1ccc(Br)c(C(Br)C2CCS(=O)(=O)C2)c1. The predicted octanol–water partition coefficient (Wildman–Crippen LogP) is 3.33. The van der Waals surface area contributed by atoms with E-state index in [1.165, 1.54) is 0 Å². The summed E-state index contributed by atoms with van der Waals surface area (Å²) in [4.78, 5) is 0.0271. The first kappa shape index (κ1) is 14.3. The van der Waals surface area contributed by atoms with E-state index in [-0.39, 0.29) is 16.5 Å². The maximum Gasteiger partial charge on any atom is 0.150 e. The second kappa shape index (κ2) is 5.51. The summed E-state index contributed by atoms with van der Waals surface area (Å²) in [6, 6.07) is 5.74. The number of sulfone groups is 1. The molecule has 1 aliphatic rings. The summed E-state index contributed by atoms with van der Waals surface area (Å²) in [6.45, 7) is 0. The van der Waals surface area contributed by atoms with E-state index in [9.17, 15) is 8.42 Å².